The third-order valence-electron chi connectivity index (χ3n) is 3.82. The van der Waals surface area contributed by atoms with Crippen LogP contribution in [0.5, 0.6) is 0 Å². The van der Waals surface area contributed by atoms with Crippen molar-refractivity contribution < 1.29 is 23.1 Å². The van der Waals surface area contributed by atoms with Crippen LogP contribution in [0.15, 0.2) is 18.3 Å². The van der Waals surface area contributed by atoms with Crippen molar-refractivity contribution in [2.45, 2.75) is 43.8 Å². The number of aliphatic hydroxyl groups is 1. The summed E-state index contributed by atoms with van der Waals surface area (Å²) in [6.07, 6.45) is 0.351. The number of nitrogens with zero attached hydrogens (tertiary/aromatic N) is 1. The van der Waals surface area contributed by atoms with Crippen molar-refractivity contribution in [1.82, 2.24) is 10.3 Å². The second-order valence-electron chi connectivity index (χ2n) is 5.38. The fraction of sp³-hybridized carbons (Fsp3) is 0.571. The first-order valence-electron chi connectivity index (χ1n) is 6.83. The van der Waals surface area contributed by atoms with Crippen LogP contribution in [0.4, 0.5) is 13.2 Å². The lowest BCUT2D eigenvalue weighted by atomic mass is 9.82. The van der Waals surface area contributed by atoms with Crippen molar-refractivity contribution in [3.63, 3.8) is 0 Å². The minimum absolute atomic E-state index is 0.0820. The molecule has 2 N–H and O–H groups in total. The number of alkyl halides is 3. The molecule has 0 atom stereocenters. The Morgan fingerprint density at radius 2 is 1.95 bits per heavy atom. The number of aromatic nitrogens is 1. The zero-order valence-corrected chi connectivity index (χ0v) is 11.4. The molecule has 116 valence electrons. The lowest BCUT2D eigenvalue weighted by Crippen LogP contribution is -2.52. The zero-order chi connectivity index (χ0) is 15.5. The maximum absolute atomic E-state index is 12.4. The van der Waals surface area contributed by atoms with Crippen molar-refractivity contribution in [2.24, 2.45) is 0 Å². The van der Waals surface area contributed by atoms with Crippen LogP contribution in [0.2, 0.25) is 0 Å². The third-order valence-corrected chi connectivity index (χ3v) is 3.82. The SMILES string of the molecule is O=C(NC1(CO)CCCCC1)c1ccc(C(F)(F)F)cn1. The number of rotatable bonds is 3. The van der Waals surface area contributed by atoms with Gasteiger partial charge < -0.3 is 10.4 Å². The Balaban J connectivity index is 2.09. The van der Waals surface area contributed by atoms with Gasteiger partial charge in [-0.2, -0.15) is 13.2 Å². The van der Waals surface area contributed by atoms with Gasteiger partial charge in [-0.1, -0.05) is 19.3 Å². The topological polar surface area (TPSA) is 62.2 Å². The quantitative estimate of drug-likeness (QED) is 0.902. The Morgan fingerprint density at radius 1 is 1.29 bits per heavy atom. The fourth-order valence-electron chi connectivity index (χ4n) is 2.55. The summed E-state index contributed by atoms with van der Waals surface area (Å²) in [5.74, 6) is -0.556. The molecule has 1 aliphatic rings. The van der Waals surface area contributed by atoms with Crippen molar-refractivity contribution in [1.29, 1.82) is 0 Å². The van der Waals surface area contributed by atoms with Crippen LogP contribution in [-0.4, -0.2) is 28.1 Å². The number of aliphatic hydroxyl groups excluding tert-OH is 1. The van der Waals surface area contributed by atoms with Gasteiger partial charge in [0, 0.05) is 6.20 Å². The van der Waals surface area contributed by atoms with Crippen molar-refractivity contribution in [3.05, 3.63) is 29.6 Å². The molecule has 4 nitrogen and oxygen atoms in total. The molecule has 0 aromatic carbocycles. The molecule has 0 bridgehead atoms. The number of hydrogen-bond acceptors (Lipinski definition) is 3. The Morgan fingerprint density at radius 3 is 2.43 bits per heavy atom. The van der Waals surface area contributed by atoms with Gasteiger partial charge in [-0.05, 0) is 25.0 Å². The second-order valence-corrected chi connectivity index (χ2v) is 5.38. The predicted molar refractivity (Wildman–Crippen MR) is 69.6 cm³/mol. The molecule has 1 amide bonds. The fourth-order valence-corrected chi connectivity index (χ4v) is 2.55. The van der Waals surface area contributed by atoms with Crippen LogP contribution in [0.3, 0.4) is 0 Å². The van der Waals surface area contributed by atoms with Gasteiger partial charge in [0.15, 0.2) is 0 Å². The van der Waals surface area contributed by atoms with E-state index in [1.165, 1.54) is 0 Å². The number of hydrogen-bond donors (Lipinski definition) is 2. The standard InChI is InChI=1S/C14H17F3N2O2/c15-14(16,17)10-4-5-11(18-8-10)12(21)19-13(9-20)6-2-1-3-7-13/h4-5,8,20H,1-3,6-7,9H2,(H,19,21). The van der Waals surface area contributed by atoms with E-state index in [9.17, 15) is 23.1 Å². The summed E-state index contributed by atoms with van der Waals surface area (Å²) in [4.78, 5) is 15.6. The molecule has 2 rings (SSSR count). The number of carbonyl (C=O) groups excluding carboxylic acids is 1. The molecule has 1 aliphatic carbocycles. The normalized spacial score (nSPS) is 18.3. The van der Waals surface area contributed by atoms with Gasteiger partial charge in [0.05, 0.1) is 17.7 Å². The molecular weight excluding hydrogens is 285 g/mol. The molecule has 1 saturated carbocycles. The first-order chi connectivity index (χ1) is 9.86. The minimum atomic E-state index is -4.47. The molecule has 1 fully saturated rings. The van der Waals surface area contributed by atoms with E-state index >= 15 is 0 Å². The average Bonchev–Trinajstić information content (AvgIpc) is 2.47. The third kappa shape index (κ3) is 3.72. The number of halogens is 3. The van der Waals surface area contributed by atoms with Gasteiger partial charge in [-0.3, -0.25) is 9.78 Å². The minimum Gasteiger partial charge on any atom is -0.394 e. The molecule has 0 unspecified atom stereocenters. The molecule has 21 heavy (non-hydrogen) atoms. The number of pyridine rings is 1. The Labute approximate surface area is 120 Å². The smallest absolute Gasteiger partial charge is 0.394 e. The van der Waals surface area contributed by atoms with Crippen LogP contribution in [0.1, 0.15) is 48.2 Å². The summed E-state index contributed by atoms with van der Waals surface area (Å²) < 4.78 is 37.3. The summed E-state index contributed by atoms with van der Waals surface area (Å²) in [6.45, 7) is -0.181. The van der Waals surface area contributed by atoms with Crippen LogP contribution < -0.4 is 5.32 Å². The van der Waals surface area contributed by atoms with Gasteiger partial charge in [-0.15, -0.1) is 0 Å². The lowest BCUT2D eigenvalue weighted by Gasteiger charge is -2.36. The molecule has 0 spiro atoms. The average molecular weight is 302 g/mol. The highest BCUT2D eigenvalue weighted by molar-refractivity contribution is 5.92. The maximum atomic E-state index is 12.4. The van der Waals surface area contributed by atoms with E-state index in [4.69, 9.17) is 0 Å². The monoisotopic (exact) mass is 302 g/mol. The molecule has 1 heterocycles. The number of amides is 1. The van der Waals surface area contributed by atoms with E-state index < -0.39 is 23.2 Å². The van der Waals surface area contributed by atoms with E-state index in [0.717, 1.165) is 31.4 Å². The molecular formula is C14H17F3N2O2. The maximum Gasteiger partial charge on any atom is 0.417 e. The molecule has 0 radical (unpaired) electrons. The van der Waals surface area contributed by atoms with Gasteiger partial charge in [0.2, 0.25) is 0 Å². The van der Waals surface area contributed by atoms with Gasteiger partial charge >= 0.3 is 6.18 Å². The first-order valence-corrected chi connectivity index (χ1v) is 6.83. The number of nitrogens with one attached hydrogen (secondary N) is 1. The predicted octanol–water partition coefficient (Wildman–Crippen LogP) is 2.53. The molecule has 0 saturated heterocycles. The molecule has 1 aromatic rings. The van der Waals surface area contributed by atoms with Crippen LogP contribution in [0.25, 0.3) is 0 Å². The van der Waals surface area contributed by atoms with Crippen LogP contribution in [-0.2, 0) is 6.18 Å². The Kier molecular flexibility index (Phi) is 4.51. The van der Waals surface area contributed by atoms with Gasteiger partial charge in [-0.25, -0.2) is 0 Å². The van der Waals surface area contributed by atoms with Crippen molar-refractivity contribution >= 4 is 5.91 Å². The highest BCUT2D eigenvalue weighted by Gasteiger charge is 2.34. The first kappa shape index (κ1) is 15.8. The van der Waals surface area contributed by atoms with Crippen LogP contribution >= 0.6 is 0 Å². The molecule has 0 aliphatic heterocycles. The molecule has 7 heteroatoms. The summed E-state index contributed by atoms with van der Waals surface area (Å²) in [7, 11) is 0. The zero-order valence-electron chi connectivity index (χ0n) is 11.4. The summed E-state index contributed by atoms with van der Waals surface area (Å²) in [5, 5.41) is 12.2. The van der Waals surface area contributed by atoms with Gasteiger partial charge in [0.25, 0.3) is 5.91 Å². The largest absolute Gasteiger partial charge is 0.417 e. The highest BCUT2D eigenvalue weighted by atomic mass is 19.4. The summed E-state index contributed by atoms with van der Waals surface area (Å²) in [5.41, 5.74) is -1.66. The van der Waals surface area contributed by atoms with Crippen molar-refractivity contribution in [2.75, 3.05) is 6.61 Å². The molecule has 1 aromatic heterocycles. The summed E-state index contributed by atoms with van der Waals surface area (Å²) in [6, 6.07) is 1.88. The second kappa shape index (κ2) is 6.01. The van der Waals surface area contributed by atoms with Gasteiger partial charge in [0.1, 0.15) is 5.69 Å². The Bertz CT molecular complexity index is 494. The highest BCUT2D eigenvalue weighted by Crippen LogP contribution is 2.29. The lowest BCUT2D eigenvalue weighted by molar-refractivity contribution is -0.137. The van der Waals surface area contributed by atoms with E-state index in [1.54, 1.807) is 0 Å². The van der Waals surface area contributed by atoms with E-state index in [2.05, 4.69) is 10.3 Å². The van der Waals surface area contributed by atoms with E-state index in [-0.39, 0.29) is 12.3 Å². The summed E-state index contributed by atoms with van der Waals surface area (Å²) >= 11 is 0. The van der Waals surface area contributed by atoms with E-state index in [1.807, 2.05) is 0 Å². The van der Waals surface area contributed by atoms with Crippen LogP contribution in [0, 0.1) is 0 Å². The van der Waals surface area contributed by atoms with E-state index in [0.29, 0.717) is 19.0 Å². The Hall–Kier alpha value is -1.63. The number of carbonyl (C=O) groups is 1. The van der Waals surface area contributed by atoms with Crippen molar-refractivity contribution in [3.8, 4) is 0 Å².